The number of nitrogens with zero attached hydrogens (tertiary/aromatic N) is 1. The van der Waals surface area contributed by atoms with Crippen molar-refractivity contribution >= 4 is 17.2 Å². The highest BCUT2D eigenvalue weighted by molar-refractivity contribution is 7.80. The molecule has 88 valence electrons. The number of aryl methyl sites for hydroxylation is 2. The topological polar surface area (TPSA) is 52.0 Å². The van der Waals surface area contributed by atoms with E-state index in [4.69, 9.17) is 22.4 Å². The van der Waals surface area contributed by atoms with Crippen LogP contribution in [0.15, 0.2) is 34.7 Å². The van der Waals surface area contributed by atoms with Crippen molar-refractivity contribution in [2.24, 2.45) is 5.73 Å². The number of nitrogens with two attached hydrogens (primary N) is 1. The summed E-state index contributed by atoms with van der Waals surface area (Å²) < 4.78 is 5.64. The molecule has 0 saturated heterocycles. The third-order valence-corrected chi connectivity index (χ3v) is 2.73. The van der Waals surface area contributed by atoms with Crippen LogP contribution in [0.2, 0.25) is 0 Å². The third kappa shape index (κ3) is 2.91. The van der Waals surface area contributed by atoms with Crippen LogP contribution in [0.4, 0.5) is 0 Å². The van der Waals surface area contributed by atoms with E-state index in [0.717, 1.165) is 23.4 Å². The number of thiocarbonyl (C=S) groups is 1. The molecule has 3 nitrogen and oxygen atoms in total. The average Bonchev–Trinajstić information content (AvgIpc) is 2.69. The lowest BCUT2D eigenvalue weighted by atomic mass is 10.2. The molecule has 0 bridgehead atoms. The Labute approximate surface area is 106 Å². The molecule has 0 fully saturated rings. The molecule has 1 heterocycles. The molecule has 2 aromatic rings. The molecular formula is C13H14N2OS. The Balaban J connectivity index is 2.22. The highest BCUT2D eigenvalue weighted by atomic mass is 32.1. The van der Waals surface area contributed by atoms with E-state index in [1.807, 2.05) is 37.3 Å². The molecule has 0 unspecified atom stereocenters. The number of benzene rings is 1. The van der Waals surface area contributed by atoms with Crippen molar-refractivity contribution in [3.05, 3.63) is 41.8 Å². The molecule has 0 saturated carbocycles. The van der Waals surface area contributed by atoms with Crippen LogP contribution in [-0.4, -0.2) is 9.97 Å². The molecular weight excluding hydrogens is 232 g/mol. The van der Waals surface area contributed by atoms with Gasteiger partial charge in [-0.15, -0.1) is 0 Å². The molecule has 4 heteroatoms. The van der Waals surface area contributed by atoms with Crippen LogP contribution in [-0.2, 0) is 6.42 Å². The van der Waals surface area contributed by atoms with Gasteiger partial charge in [-0.25, -0.2) is 4.98 Å². The predicted molar refractivity (Wildman–Crippen MR) is 71.8 cm³/mol. The van der Waals surface area contributed by atoms with E-state index in [0.29, 0.717) is 17.3 Å². The summed E-state index contributed by atoms with van der Waals surface area (Å²) in [5.41, 5.74) is 7.39. The summed E-state index contributed by atoms with van der Waals surface area (Å²) in [6, 6.07) is 9.84. The number of hydrogen-bond donors (Lipinski definition) is 1. The van der Waals surface area contributed by atoms with Gasteiger partial charge in [0, 0.05) is 12.0 Å². The van der Waals surface area contributed by atoms with Crippen LogP contribution >= 0.6 is 12.2 Å². The molecule has 1 aromatic carbocycles. The summed E-state index contributed by atoms with van der Waals surface area (Å²) in [4.78, 5) is 4.98. The van der Waals surface area contributed by atoms with E-state index < -0.39 is 0 Å². The minimum atomic E-state index is 0.508. The largest absolute Gasteiger partial charge is 0.441 e. The van der Waals surface area contributed by atoms with E-state index >= 15 is 0 Å². The van der Waals surface area contributed by atoms with Crippen LogP contribution < -0.4 is 5.73 Å². The fraction of sp³-hybridized carbons (Fsp3) is 0.231. The fourth-order valence-corrected chi connectivity index (χ4v) is 1.71. The van der Waals surface area contributed by atoms with E-state index in [1.165, 1.54) is 0 Å². The zero-order chi connectivity index (χ0) is 12.3. The van der Waals surface area contributed by atoms with Crippen molar-refractivity contribution in [3.8, 4) is 11.5 Å². The minimum Gasteiger partial charge on any atom is -0.441 e. The van der Waals surface area contributed by atoms with Gasteiger partial charge in [0.1, 0.15) is 5.76 Å². The van der Waals surface area contributed by atoms with Gasteiger partial charge in [-0.3, -0.25) is 0 Å². The van der Waals surface area contributed by atoms with Crippen LogP contribution in [0.3, 0.4) is 0 Å². The number of oxazole rings is 1. The predicted octanol–water partition coefficient (Wildman–Crippen LogP) is 2.87. The van der Waals surface area contributed by atoms with Gasteiger partial charge in [0.2, 0.25) is 5.89 Å². The summed E-state index contributed by atoms with van der Waals surface area (Å²) >= 11 is 4.86. The van der Waals surface area contributed by atoms with E-state index in [-0.39, 0.29) is 0 Å². The maximum atomic E-state index is 5.64. The molecule has 0 aliphatic carbocycles. The Morgan fingerprint density at radius 1 is 1.35 bits per heavy atom. The molecule has 0 radical (unpaired) electrons. The molecule has 0 aliphatic rings. The van der Waals surface area contributed by atoms with Gasteiger partial charge in [0.05, 0.1) is 10.7 Å². The molecule has 2 rings (SSSR count). The van der Waals surface area contributed by atoms with Gasteiger partial charge < -0.3 is 10.2 Å². The monoisotopic (exact) mass is 246 g/mol. The maximum absolute atomic E-state index is 5.64. The van der Waals surface area contributed by atoms with Crippen molar-refractivity contribution in [3.63, 3.8) is 0 Å². The van der Waals surface area contributed by atoms with Gasteiger partial charge in [0.25, 0.3) is 0 Å². The lowest BCUT2D eigenvalue weighted by Gasteiger charge is -1.94. The molecule has 0 amide bonds. The van der Waals surface area contributed by atoms with Crippen LogP contribution in [0.5, 0.6) is 0 Å². The van der Waals surface area contributed by atoms with Crippen molar-refractivity contribution in [1.29, 1.82) is 0 Å². The second kappa shape index (κ2) is 5.10. The van der Waals surface area contributed by atoms with Gasteiger partial charge in [-0.05, 0) is 25.5 Å². The van der Waals surface area contributed by atoms with Crippen LogP contribution in [0.25, 0.3) is 11.5 Å². The lowest BCUT2D eigenvalue weighted by molar-refractivity contribution is 0.539. The van der Waals surface area contributed by atoms with E-state index in [9.17, 15) is 0 Å². The van der Waals surface area contributed by atoms with Crippen molar-refractivity contribution in [2.75, 3.05) is 0 Å². The van der Waals surface area contributed by atoms with Gasteiger partial charge in [0.15, 0.2) is 0 Å². The second-order valence-corrected chi connectivity index (χ2v) is 4.38. The van der Waals surface area contributed by atoms with Gasteiger partial charge in [-0.2, -0.15) is 0 Å². The van der Waals surface area contributed by atoms with Crippen molar-refractivity contribution < 1.29 is 4.42 Å². The first-order valence-corrected chi connectivity index (χ1v) is 5.87. The molecule has 0 aliphatic heterocycles. The van der Waals surface area contributed by atoms with Gasteiger partial charge in [-0.1, -0.05) is 30.4 Å². The maximum Gasteiger partial charge on any atom is 0.226 e. The highest BCUT2D eigenvalue weighted by Gasteiger charge is 2.10. The Kier molecular flexibility index (Phi) is 3.54. The van der Waals surface area contributed by atoms with E-state index in [2.05, 4.69) is 4.98 Å². The summed E-state index contributed by atoms with van der Waals surface area (Å²) in [5, 5.41) is 0. The summed E-state index contributed by atoms with van der Waals surface area (Å²) in [5.74, 6) is 1.49. The number of rotatable bonds is 4. The number of hydrogen-bond acceptors (Lipinski definition) is 3. The van der Waals surface area contributed by atoms with Crippen LogP contribution in [0, 0.1) is 6.92 Å². The second-order valence-electron chi connectivity index (χ2n) is 3.85. The molecule has 0 spiro atoms. The molecule has 0 atom stereocenters. The molecule has 17 heavy (non-hydrogen) atoms. The first kappa shape index (κ1) is 11.8. The van der Waals surface area contributed by atoms with Crippen molar-refractivity contribution in [2.45, 2.75) is 19.8 Å². The first-order valence-electron chi connectivity index (χ1n) is 5.47. The Hall–Kier alpha value is -1.68. The SMILES string of the molecule is Cc1oc(-c2ccccc2)nc1CCC(N)=S. The Morgan fingerprint density at radius 2 is 2.06 bits per heavy atom. The van der Waals surface area contributed by atoms with Gasteiger partial charge >= 0.3 is 0 Å². The molecule has 2 N–H and O–H groups in total. The van der Waals surface area contributed by atoms with Crippen LogP contribution in [0.1, 0.15) is 17.9 Å². The third-order valence-electron chi connectivity index (χ3n) is 2.52. The van der Waals surface area contributed by atoms with E-state index in [1.54, 1.807) is 0 Å². The first-order chi connectivity index (χ1) is 8.16. The smallest absolute Gasteiger partial charge is 0.226 e. The lowest BCUT2D eigenvalue weighted by Crippen LogP contribution is -2.08. The summed E-state index contributed by atoms with van der Waals surface area (Å²) in [6.45, 7) is 1.91. The van der Waals surface area contributed by atoms with Crippen molar-refractivity contribution in [1.82, 2.24) is 4.98 Å². The standard InChI is InChI=1S/C13H14N2OS/c1-9-11(7-8-12(14)17)15-13(16-9)10-5-3-2-4-6-10/h2-6H,7-8H2,1H3,(H2,14,17). The fourth-order valence-electron chi connectivity index (χ4n) is 1.61. The Bertz CT molecular complexity index is 519. The normalized spacial score (nSPS) is 10.4. The average molecular weight is 246 g/mol. The molecule has 1 aromatic heterocycles. The zero-order valence-corrected chi connectivity index (χ0v) is 10.5. The number of aromatic nitrogens is 1. The zero-order valence-electron chi connectivity index (χ0n) is 9.64. The quantitative estimate of drug-likeness (QED) is 0.843. The summed E-state index contributed by atoms with van der Waals surface area (Å²) in [6.07, 6.45) is 1.40. The Morgan fingerprint density at radius 3 is 2.71 bits per heavy atom. The highest BCUT2D eigenvalue weighted by Crippen LogP contribution is 2.21. The summed E-state index contributed by atoms with van der Waals surface area (Å²) in [7, 11) is 0. The minimum absolute atomic E-state index is 0.508.